The van der Waals surface area contributed by atoms with E-state index in [4.69, 9.17) is 22.1 Å². The Morgan fingerprint density at radius 1 is 1.21 bits per heavy atom. The van der Waals surface area contributed by atoms with E-state index < -0.39 is 0 Å². The number of benzene rings is 1. The van der Waals surface area contributed by atoms with E-state index in [1.54, 1.807) is 12.1 Å². The number of halogens is 1. The largest absolute Gasteiger partial charge is 0.461 e. The molecule has 0 spiro atoms. The molecule has 2 atom stereocenters. The fraction of sp³-hybridized carbons (Fsp3) is 0.533. The summed E-state index contributed by atoms with van der Waals surface area (Å²) in [4.78, 5) is 12.1. The van der Waals surface area contributed by atoms with Crippen molar-refractivity contribution >= 4 is 17.6 Å². The molecule has 19 heavy (non-hydrogen) atoms. The van der Waals surface area contributed by atoms with Gasteiger partial charge in [0.1, 0.15) is 6.61 Å². The summed E-state index contributed by atoms with van der Waals surface area (Å²) < 4.78 is 5.37. The molecule has 1 aliphatic rings. The van der Waals surface area contributed by atoms with Gasteiger partial charge in [0.2, 0.25) is 0 Å². The second kappa shape index (κ2) is 6.92. The van der Waals surface area contributed by atoms with Crippen molar-refractivity contribution in [2.24, 2.45) is 11.7 Å². The van der Waals surface area contributed by atoms with Gasteiger partial charge in [-0.1, -0.05) is 43.0 Å². The molecule has 1 fully saturated rings. The number of esters is 1. The van der Waals surface area contributed by atoms with Gasteiger partial charge in [0, 0.05) is 11.1 Å². The van der Waals surface area contributed by atoms with Crippen LogP contribution < -0.4 is 5.73 Å². The minimum absolute atomic E-state index is 0.0554. The van der Waals surface area contributed by atoms with E-state index in [0.717, 1.165) is 37.7 Å². The molecule has 2 N–H and O–H groups in total. The molecular weight excluding hydrogens is 262 g/mol. The lowest BCUT2D eigenvalue weighted by Crippen LogP contribution is -2.35. The Hall–Kier alpha value is -1.06. The van der Waals surface area contributed by atoms with Crippen LogP contribution in [0.5, 0.6) is 0 Å². The topological polar surface area (TPSA) is 52.3 Å². The number of hydrogen-bond donors (Lipinski definition) is 1. The summed E-state index contributed by atoms with van der Waals surface area (Å²) in [7, 11) is 0. The van der Waals surface area contributed by atoms with Gasteiger partial charge in [-0.2, -0.15) is 0 Å². The third-order valence-corrected chi connectivity index (χ3v) is 3.92. The Morgan fingerprint density at radius 2 is 1.89 bits per heavy atom. The van der Waals surface area contributed by atoms with Crippen LogP contribution in [0.4, 0.5) is 0 Å². The maximum absolute atomic E-state index is 12.1. The molecule has 2 rings (SSSR count). The average Bonchev–Trinajstić information content (AvgIpc) is 2.62. The first-order valence-electron chi connectivity index (χ1n) is 6.83. The molecule has 1 saturated carbocycles. The second-order valence-electron chi connectivity index (χ2n) is 5.14. The maximum Gasteiger partial charge on any atom is 0.310 e. The minimum Gasteiger partial charge on any atom is -0.461 e. The Kier molecular flexibility index (Phi) is 5.23. The standard InChI is InChI=1S/C15H20ClNO2/c16-12-8-6-11(7-9-12)10-19-15(18)13-4-2-1-3-5-14(13)17/h6-9,13-14H,1-5,10,17H2. The zero-order chi connectivity index (χ0) is 13.7. The number of nitrogens with two attached hydrogens (primary N) is 1. The number of carbonyl (C=O) groups is 1. The summed E-state index contributed by atoms with van der Waals surface area (Å²) in [6.45, 7) is 0.291. The SMILES string of the molecule is NC1CCCCCC1C(=O)OCc1ccc(Cl)cc1. The fourth-order valence-corrected chi connectivity index (χ4v) is 2.60. The van der Waals surface area contributed by atoms with Crippen molar-refractivity contribution in [1.29, 1.82) is 0 Å². The summed E-state index contributed by atoms with van der Waals surface area (Å²) in [6.07, 6.45) is 5.10. The van der Waals surface area contributed by atoms with Gasteiger partial charge in [0.05, 0.1) is 5.92 Å². The second-order valence-corrected chi connectivity index (χ2v) is 5.58. The quantitative estimate of drug-likeness (QED) is 0.683. The normalized spacial score (nSPS) is 23.7. The lowest BCUT2D eigenvalue weighted by atomic mass is 9.96. The van der Waals surface area contributed by atoms with Crippen molar-refractivity contribution in [3.63, 3.8) is 0 Å². The van der Waals surface area contributed by atoms with Crippen molar-refractivity contribution in [2.75, 3.05) is 0 Å². The van der Waals surface area contributed by atoms with E-state index in [9.17, 15) is 4.79 Å². The van der Waals surface area contributed by atoms with Crippen LogP contribution in [-0.4, -0.2) is 12.0 Å². The number of ether oxygens (including phenoxy) is 1. The van der Waals surface area contributed by atoms with E-state index in [1.165, 1.54) is 0 Å². The highest BCUT2D eigenvalue weighted by Crippen LogP contribution is 2.23. The molecule has 3 nitrogen and oxygen atoms in total. The molecule has 1 aliphatic carbocycles. The van der Waals surface area contributed by atoms with Crippen molar-refractivity contribution in [2.45, 2.75) is 44.8 Å². The third kappa shape index (κ3) is 4.22. The van der Waals surface area contributed by atoms with Gasteiger partial charge >= 0.3 is 5.97 Å². The molecule has 0 saturated heterocycles. The molecule has 0 aliphatic heterocycles. The minimum atomic E-state index is -0.163. The Morgan fingerprint density at radius 3 is 2.63 bits per heavy atom. The molecule has 1 aromatic rings. The highest BCUT2D eigenvalue weighted by molar-refractivity contribution is 6.30. The zero-order valence-corrected chi connectivity index (χ0v) is 11.7. The molecule has 2 unspecified atom stereocenters. The van der Waals surface area contributed by atoms with Crippen LogP contribution in [0.2, 0.25) is 5.02 Å². The van der Waals surface area contributed by atoms with Crippen LogP contribution >= 0.6 is 11.6 Å². The van der Waals surface area contributed by atoms with E-state index in [0.29, 0.717) is 11.6 Å². The number of carbonyl (C=O) groups excluding carboxylic acids is 1. The van der Waals surface area contributed by atoms with Crippen LogP contribution in [0.25, 0.3) is 0 Å². The molecular formula is C15H20ClNO2. The number of hydrogen-bond acceptors (Lipinski definition) is 3. The van der Waals surface area contributed by atoms with Gasteiger partial charge in [0.25, 0.3) is 0 Å². The van der Waals surface area contributed by atoms with Crippen LogP contribution in [0, 0.1) is 5.92 Å². The van der Waals surface area contributed by atoms with E-state index >= 15 is 0 Å². The van der Waals surface area contributed by atoms with Gasteiger partial charge in [-0.05, 0) is 30.5 Å². The Bertz CT molecular complexity index is 419. The predicted molar refractivity (Wildman–Crippen MR) is 75.8 cm³/mol. The molecule has 0 heterocycles. The molecule has 0 radical (unpaired) electrons. The van der Waals surface area contributed by atoms with Crippen LogP contribution in [0.15, 0.2) is 24.3 Å². The Labute approximate surface area is 119 Å². The van der Waals surface area contributed by atoms with E-state index in [2.05, 4.69) is 0 Å². The van der Waals surface area contributed by atoms with Gasteiger partial charge in [-0.15, -0.1) is 0 Å². The fourth-order valence-electron chi connectivity index (χ4n) is 2.47. The predicted octanol–water partition coefficient (Wildman–Crippen LogP) is 3.29. The van der Waals surface area contributed by atoms with E-state index in [-0.39, 0.29) is 17.9 Å². The van der Waals surface area contributed by atoms with Crippen molar-refractivity contribution in [1.82, 2.24) is 0 Å². The van der Waals surface area contributed by atoms with E-state index in [1.807, 2.05) is 12.1 Å². The molecule has 0 bridgehead atoms. The third-order valence-electron chi connectivity index (χ3n) is 3.67. The molecule has 0 amide bonds. The summed E-state index contributed by atoms with van der Waals surface area (Å²) in [6, 6.07) is 7.26. The smallest absolute Gasteiger partial charge is 0.310 e. The zero-order valence-electron chi connectivity index (χ0n) is 11.0. The van der Waals surface area contributed by atoms with Gasteiger partial charge in [-0.25, -0.2) is 0 Å². The van der Waals surface area contributed by atoms with Crippen molar-refractivity contribution < 1.29 is 9.53 Å². The summed E-state index contributed by atoms with van der Waals surface area (Å²) in [5.41, 5.74) is 6.99. The maximum atomic E-state index is 12.1. The van der Waals surface area contributed by atoms with Gasteiger partial charge in [0.15, 0.2) is 0 Å². The summed E-state index contributed by atoms with van der Waals surface area (Å²) >= 11 is 5.81. The van der Waals surface area contributed by atoms with Gasteiger partial charge < -0.3 is 10.5 Å². The number of rotatable bonds is 3. The molecule has 104 valence electrons. The first-order valence-corrected chi connectivity index (χ1v) is 7.21. The first-order chi connectivity index (χ1) is 9.16. The van der Waals surface area contributed by atoms with Crippen LogP contribution in [0.1, 0.15) is 37.7 Å². The molecule has 1 aromatic carbocycles. The van der Waals surface area contributed by atoms with Gasteiger partial charge in [-0.3, -0.25) is 4.79 Å². The van der Waals surface area contributed by atoms with Crippen LogP contribution in [-0.2, 0) is 16.1 Å². The molecule has 4 heteroatoms. The lowest BCUT2D eigenvalue weighted by molar-refractivity contribution is -0.150. The first kappa shape index (κ1) is 14.4. The highest BCUT2D eigenvalue weighted by Gasteiger charge is 2.28. The Balaban J connectivity index is 1.87. The lowest BCUT2D eigenvalue weighted by Gasteiger charge is -2.19. The molecule has 0 aromatic heterocycles. The van der Waals surface area contributed by atoms with Crippen molar-refractivity contribution in [3.05, 3.63) is 34.9 Å². The monoisotopic (exact) mass is 281 g/mol. The summed E-state index contributed by atoms with van der Waals surface area (Å²) in [5, 5.41) is 0.681. The average molecular weight is 282 g/mol. The highest BCUT2D eigenvalue weighted by atomic mass is 35.5. The van der Waals surface area contributed by atoms with Crippen molar-refractivity contribution in [3.8, 4) is 0 Å². The summed E-state index contributed by atoms with van der Waals surface area (Å²) in [5.74, 6) is -0.306. The van der Waals surface area contributed by atoms with Crippen LogP contribution in [0.3, 0.4) is 0 Å².